The van der Waals surface area contributed by atoms with Crippen LogP contribution in [0.25, 0.3) is 0 Å². The Morgan fingerprint density at radius 2 is 2.03 bits per heavy atom. The summed E-state index contributed by atoms with van der Waals surface area (Å²) in [5.74, 6) is 1.53. The topological polar surface area (TPSA) is 117 Å². The van der Waals surface area contributed by atoms with Gasteiger partial charge in [0, 0.05) is 30.4 Å². The predicted octanol–water partition coefficient (Wildman–Crippen LogP) is 3.64. The van der Waals surface area contributed by atoms with Crippen molar-refractivity contribution in [2.75, 3.05) is 23.7 Å². The molecule has 0 saturated heterocycles. The fraction of sp³-hybridized carbons (Fsp3) is 0.391. The average molecular weight is 436 g/mol. The number of benzene rings is 1. The number of hydrogen-bond acceptors (Lipinski definition) is 8. The van der Waals surface area contributed by atoms with E-state index >= 15 is 0 Å². The zero-order valence-electron chi connectivity index (χ0n) is 18.9. The molecular weight excluding hydrogens is 406 g/mol. The van der Waals surface area contributed by atoms with Gasteiger partial charge in [-0.3, -0.25) is 4.79 Å². The lowest BCUT2D eigenvalue weighted by atomic mass is 9.97. The van der Waals surface area contributed by atoms with Crippen LogP contribution in [0.4, 0.5) is 23.3 Å². The molecule has 0 unspecified atom stereocenters. The molecule has 0 spiro atoms. The smallest absolute Gasteiger partial charge is 0.256 e. The van der Waals surface area contributed by atoms with Gasteiger partial charge < -0.3 is 25.7 Å². The Labute approximate surface area is 187 Å². The van der Waals surface area contributed by atoms with Crippen LogP contribution in [-0.4, -0.2) is 33.9 Å². The largest absolute Gasteiger partial charge is 0.446 e. The third-order valence-corrected chi connectivity index (χ3v) is 5.11. The summed E-state index contributed by atoms with van der Waals surface area (Å²) in [6.45, 7) is 10.3. The highest BCUT2D eigenvalue weighted by molar-refractivity contribution is 5.99. The van der Waals surface area contributed by atoms with Gasteiger partial charge in [-0.15, -0.1) is 0 Å². The summed E-state index contributed by atoms with van der Waals surface area (Å²) < 4.78 is 5.59. The number of oxazole rings is 1. The number of nitrogens with zero attached hydrogens (tertiary/aromatic N) is 3. The molecule has 1 aliphatic rings. The second-order valence-corrected chi connectivity index (χ2v) is 8.76. The Kier molecular flexibility index (Phi) is 6.09. The normalized spacial score (nSPS) is 13.4. The van der Waals surface area contributed by atoms with Crippen molar-refractivity contribution in [1.29, 1.82) is 0 Å². The number of carbonyl (C=O) groups excluding carboxylic acids is 1. The van der Waals surface area contributed by atoms with E-state index in [4.69, 9.17) is 4.42 Å². The predicted molar refractivity (Wildman–Crippen MR) is 124 cm³/mol. The summed E-state index contributed by atoms with van der Waals surface area (Å²) in [5, 5.41) is 12.5. The van der Waals surface area contributed by atoms with Crippen molar-refractivity contribution in [2.45, 2.75) is 46.1 Å². The highest BCUT2D eigenvalue weighted by Crippen LogP contribution is 2.26. The van der Waals surface area contributed by atoms with Gasteiger partial charge in [-0.25, -0.2) is 4.98 Å². The van der Waals surface area contributed by atoms with Gasteiger partial charge in [0.05, 0.1) is 0 Å². The van der Waals surface area contributed by atoms with Crippen molar-refractivity contribution in [3.8, 4) is 0 Å². The van der Waals surface area contributed by atoms with Crippen molar-refractivity contribution >= 4 is 29.2 Å². The third kappa shape index (κ3) is 4.88. The molecule has 3 heterocycles. The molecule has 3 aromatic rings. The second kappa shape index (κ2) is 8.96. The van der Waals surface area contributed by atoms with Crippen LogP contribution in [0.5, 0.6) is 0 Å². The van der Waals surface area contributed by atoms with Gasteiger partial charge in [0.2, 0.25) is 11.8 Å². The van der Waals surface area contributed by atoms with E-state index in [9.17, 15) is 4.79 Å². The molecule has 0 bridgehead atoms. The van der Waals surface area contributed by atoms with Crippen LogP contribution in [-0.2, 0) is 18.4 Å². The fourth-order valence-electron chi connectivity index (χ4n) is 3.44. The van der Waals surface area contributed by atoms with Gasteiger partial charge in [-0.2, -0.15) is 9.97 Å². The molecule has 4 N–H and O–H groups in total. The molecule has 0 fully saturated rings. The van der Waals surface area contributed by atoms with Gasteiger partial charge in [-0.05, 0) is 43.1 Å². The zero-order chi connectivity index (χ0) is 22.7. The lowest BCUT2D eigenvalue weighted by molar-refractivity contribution is 0.0956. The van der Waals surface area contributed by atoms with Crippen LogP contribution in [0.1, 0.15) is 55.1 Å². The molecule has 9 nitrogen and oxygen atoms in total. The summed E-state index contributed by atoms with van der Waals surface area (Å²) in [6.07, 6.45) is 4.05. The van der Waals surface area contributed by atoms with E-state index < -0.39 is 0 Å². The number of carbonyl (C=O) groups is 1. The quantitative estimate of drug-likeness (QED) is 0.464. The van der Waals surface area contributed by atoms with E-state index in [-0.39, 0.29) is 11.3 Å². The molecule has 0 atom stereocenters. The second-order valence-electron chi connectivity index (χ2n) is 8.76. The number of hydrogen-bond donors (Lipinski definition) is 4. The molecule has 168 valence electrons. The molecular formula is C23H29N7O2. The van der Waals surface area contributed by atoms with Gasteiger partial charge in [0.1, 0.15) is 17.6 Å². The summed E-state index contributed by atoms with van der Waals surface area (Å²) in [7, 11) is 0. The van der Waals surface area contributed by atoms with Crippen LogP contribution in [0.2, 0.25) is 0 Å². The first-order valence-corrected chi connectivity index (χ1v) is 10.8. The van der Waals surface area contributed by atoms with Crippen LogP contribution in [0.15, 0.2) is 35.1 Å². The summed E-state index contributed by atoms with van der Waals surface area (Å²) in [5.41, 5.74) is 3.59. The monoisotopic (exact) mass is 435 g/mol. The minimum absolute atomic E-state index is 0.234. The number of nitrogens with one attached hydrogen (secondary N) is 4. The standard InChI is InChI=1S/C23H29N7O2/c1-5-25-20(31)17-12-26-22(27-16-7-6-14-8-9-24-11-15(14)10-16)30-19(17)28-18-13-32-21(29-18)23(2,3)4/h6-7,10,12-13,24H,5,8-9,11H2,1-4H3,(H,25,31)(H2,26,27,28,30). The van der Waals surface area contributed by atoms with Crippen molar-refractivity contribution in [3.05, 3.63) is 53.2 Å². The van der Waals surface area contributed by atoms with Gasteiger partial charge >= 0.3 is 0 Å². The number of fused-ring (bicyclic) bond motifs is 1. The van der Waals surface area contributed by atoms with Gasteiger partial charge in [0.15, 0.2) is 5.82 Å². The highest BCUT2D eigenvalue weighted by atomic mass is 16.3. The zero-order valence-corrected chi connectivity index (χ0v) is 18.9. The van der Waals surface area contributed by atoms with Gasteiger partial charge in [-0.1, -0.05) is 26.8 Å². The first kappa shape index (κ1) is 21.8. The van der Waals surface area contributed by atoms with Crippen molar-refractivity contribution in [1.82, 2.24) is 25.6 Å². The maximum Gasteiger partial charge on any atom is 0.256 e. The summed E-state index contributed by atoms with van der Waals surface area (Å²) in [4.78, 5) is 25.9. The molecule has 1 aliphatic heterocycles. The molecule has 9 heteroatoms. The maximum absolute atomic E-state index is 12.5. The van der Waals surface area contributed by atoms with Crippen molar-refractivity contribution in [3.63, 3.8) is 0 Å². The minimum atomic E-state index is -0.263. The maximum atomic E-state index is 12.5. The lowest BCUT2D eigenvalue weighted by Gasteiger charge is -2.18. The Bertz CT molecular complexity index is 1120. The van der Waals surface area contributed by atoms with E-state index in [1.54, 1.807) is 0 Å². The van der Waals surface area contributed by atoms with Crippen LogP contribution < -0.4 is 21.3 Å². The summed E-state index contributed by atoms with van der Waals surface area (Å²) in [6, 6.07) is 6.25. The number of anilines is 4. The van der Waals surface area contributed by atoms with E-state index in [1.807, 2.05) is 33.8 Å². The molecule has 1 amide bonds. The van der Waals surface area contributed by atoms with Gasteiger partial charge in [0.25, 0.3) is 5.91 Å². The van der Waals surface area contributed by atoms with Crippen LogP contribution >= 0.6 is 0 Å². The van der Waals surface area contributed by atoms with Crippen molar-refractivity contribution < 1.29 is 9.21 Å². The fourth-order valence-corrected chi connectivity index (χ4v) is 3.44. The molecule has 32 heavy (non-hydrogen) atoms. The van der Waals surface area contributed by atoms with E-state index in [1.165, 1.54) is 23.6 Å². The SMILES string of the molecule is CCNC(=O)c1cnc(Nc2ccc3c(c2)CNCC3)nc1Nc1coc(C(C)(C)C)n1. The molecule has 1 aromatic carbocycles. The Hall–Kier alpha value is -3.46. The molecule has 4 rings (SSSR count). The minimum Gasteiger partial charge on any atom is -0.446 e. The first-order chi connectivity index (χ1) is 15.3. The molecule has 0 radical (unpaired) electrons. The third-order valence-electron chi connectivity index (χ3n) is 5.11. The van der Waals surface area contributed by atoms with E-state index in [0.29, 0.717) is 35.6 Å². The average Bonchev–Trinajstić information content (AvgIpc) is 3.23. The summed E-state index contributed by atoms with van der Waals surface area (Å²) >= 11 is 0. The Morgan fingerprint density at radius 1 is 1.19 bits per heavy atom. The van der Waals surface area contributed by atoms with Crippen LogP contribution in [0, 0.1) is 0 Å². The van der Waals surface area contributed by atoms with Crippen LogP contribution in [0.3, 0.4) is 0 Å². The molecule has 2 aromatic heterocycles. The number of rotatable bonds is 6. The Balaban J connectivity index is 1.62. The molecule has 0 saturated carbocycles. The lowest BCUT2D eigenvalue weighted by Crippen LogP contribution is -2.24. The Morgan fingerprint density at radius 3 is 2.78 bits per heavy atom. The van der Waals surface area contributed by atoms with E-state index in [2.05, 4.69) is 48.4 Å². The highest BCUT2D eigenvalue weighted by Gasteiger charge is 2.22. The molecule has 0 aliphatic carbocycles. The van der Waals surface area contributed by atoms with E-state index in [0.717, 1.165) is 25.2 Å². The van der Waals surface area contributed by atoms with Crippen molar-refractivity contribution in [2.24, 2.45) is 0 Å². The first-order valence-electron chi connectivity index (χ1n) is 10.8. The number of aromatic nitrogens is 3. The number of amides is 1.